The molecule has 0 saturated carbocycles. The smallest absolute Gasteiger partial charge is 0.185 e. The number of nitrogens with two attached hydrogens (primary N) is 2. The number of rotatable bonds is 1. The number of phenolic OH excluding ortho intramolecular Hbond substituents is 1. The molecule has 0 radical (unpaired) electrons. The minimum atomic E-state index is -0.104. The Morgan fingerprint density at radius 1 is 1.27 bits per heavy atom. The highest BCUT2D eigenvalue weighted by molar-refractivity contribution is 5.69. The summed E-state index contributed by atoms with van der Waals surface area (Å²) >= 11 is 0. The lowest BCUT2D eigenvalue weighted by Crippen LogP contribution is -1.95. The first-order valence-corrected chi connectivity index (χ1v) is 3.07. The largest absolute Gasteiger partial charge is 0.503 e. The standard InChI is InChI=1S/C7H10N2O2/c1-11-7-5(9)3-2-4(8)6(7)10/h2-3,10H,8-9H2,1H3. The average Bonchev–Trinajstić information content (AvgIpc) is 1.99. The molecule has 0 amide bonds. The lowest BCUT2D eigenvalue weighted by Gasteiger charge is -2.07. The van der Waals surface area contributed by atoms with E-state index >= 15 is 0 Å². The third kappa shape index (κ3) is 1.14. The van der Waals surface area contributed by atoms with Crippen LogP contribution in [0.5, 0.6) is 11.5 Å². The molecule has 0 bridgehead atoms. The second-order valence-electron chi connectivity index (χ2n) is 2.13. The van der Waals surface area contributed by atoms with E-state index in [1.807, 2.05) is 0 Å². The van der Waals surface area contributed by atoms with Crippen molar-refractivity contribution in [3.8, 4) is 11.5 Å². The Hall–Kier alpha value is -1.58. The van der Waals surface area contributed by atoms with Crippen molar-refractivity contribution in [3.63, 3.8) is 0 Å². The van der Waals surface area contributed by atoms with Crippen molar-refractivity contribution in [3.05, 3.63) is 12.1 Å². The van der Waals surface area contributed by atoms with E-state index in [2.05, 4.69) is 0 Å². The molecule has 0 fully saturated rings. The van der Waals surface area contributed by atoms with Gasteiger partial charge in [-0.2, -0.15) is 0 Å². The van der Waals surface area contributed by atoms with Gasteiger partial charge >= 0.3 is 0 Å². The van der Waals surface area contributed by atoms with Crippen molar-refractivity contribution < 1.29 is 9.84 Å². The molecule has 4 heteroatoms. The molecule has 0 spiro atoms. The summed E-state index contributed by atoms with van der Waals surface area (Å²) in [6, 6.07) is 3.10. The van der Waals surface area contributed by atoms with Crippen LogP contribution in [-0.2, 0) is 0 Å². The quantitative estimate of drug-likeness (QED) is 0.408. The summed E-state index contributed by atoms with van der Waals surface area (Å²) in [5.74, 6) is 0.123. The van der Waals surface area contributed by atoms with Crippen LogP contribution >= 0.6 is 0 Å². The van der Waals surface area contributed by atoms with Crippen LogP contribution in [0, 0.1) is 0 Å². The average molecular weight is 154 g/mol. The van der Waals surface area contributed by atoms with Gasteiger partial charge in [-0.1, -0.05) is 0 Å². The minimum absolute atomic E-state index is 0.104. The van der Waals surface area contributed by atoms with E-state index in [1.165, 1.54) is 13.2 Å². The normalized spacial score (nSPS) is 9.55. The van der Waals surface area contributed by atoms with Crippen LogP contribution in [0.15, 0.2) is 12.1 Å². The van der Waals surface area contributed by atoms with E-state index < -0.39 is 0 Å². The van der Waals surface area contributed by atoms with Gasteiger partial charge in [-0.3, -0.25) is 0 Å². The van der Waals surface area contributed by atoms with E-state index in [-0.39, 0.29) is 17.2 Å². The number of hydrogen-bond acceptors (Lipinski definition) is 4. The molecular weight excluding hydrogens is 144 g/mol. The van der Waals surface area contributed by atoms with Crippen LogP contribution in [0.4, 0.5) is 11.4 Å². The van der Waals surface area contributed by atoms with Crippen LogP contribution in [-0.4, -0.2) is 12.2 Å². The van der Waals surface area contributed by atoms with Gasteiger partial charge in [0.25, 0.3) is 0 Å². The molecule has 1 aromatic carbocycles. The van der Waals surface area contributed by atoms with Crippen molar-refractivity contribution in [2.24, 2.45) is 0 Å². The number of ether oxygens (including phenoxy) is 1. The number of aromatic hydroxyl groups is 1. The Bertz CT molecular complexity index is 273. The van der Waals surface area contributed by atoms with Gasteiger partial charge in [-0.25, -0.2) is 0 Å². The van der Waals surface area contributed by atoms with Gasteiger partial charge in [0.05, 0.1) is 18.5 Å². The maximum atomic E-state index is 9.25. The van der Waals surface area contributed by atoms with E-state index in [9.17, 15) is 5.11 Å². The highest BCUT2D eigenvalue weighted by Crippen LogP contribution is 2.36. The Morgan fingerprint density at radius 3 is 2.27 bits per heavy atom. The Labute approximate surface area is 64.4 Å². The third-order valence-corrected chi connectivity index (χ3v) is 1.40. The highest BCUT2D eigenvalue weighted by atomic mass is 16.5. The fraction of sp³-hybridized carbons (Fsp3) is 0.143. The molecule has 1 aromatic rings. The summed E-state index contributed by atoms with van der Waals surface area (Å²) in [6.45, 7) is 0. The molecule has 0 atom stereocenters. The lowest BCUT2D eigenvalue weighted by atomic mass is 10.2. The highest BCUT2D eigenvalue weighted by Gasteiger charge is 2.07. The van der Waals surface area contributed by atoms with Gasteiger partial charge in [-0.05, 0) is 12.1 Å². The maximum absolute atomic E-state index is 9.25. The number of methoxy groups -OCH3 is 1. The fourth-order valence-corrected chi connectivity index (χ4v) is 0.817. The summed E-state index contributed by atoms with van der Waals surface area (Å²) < 4.78 is 4.80. The van der Waals surface area contributed by atoms with E-state index in [1.54, 1.807) is 6.07 Å². The zero-order valence-electron chi connectivity index (χ0n) is 6.16. The Morgan fingerprint density at radius 2 is 1.82 bits per heavy atom. The number of nitrogen functional groups attached to an aromatic ring is 2. The number of phenols is 1. The van der Waals surface area contributed by atoms with Gasteiger partial charge < -0.3 is 21.3 Å². The predicted octanol–water partition coefficient (Wildman–Crippen LogP) is 0.565. The minimum Gasteiger partial charge on any atom is -0.503 e. The Kier molecular flexibility index (Phi) is 1.76. The first kappa shape index (κ1) is 7.53. The molecule has 0 saturated heterocycles. The van der Waals surface area contributed by atoms with Crippen LogP contribution in [0.2, 0.25) is 0 Å². The molecule has 0 unspecified atom stereocenters. The molecule has 0 aliphatic heterocycles. The van der Waals surface area contributed by atoms with Crippen molar-refractivity contribution in [2.45, 2.75) is 0 Å². The molecule has 0 aromatic heterocycles. The summed E-state index contributed by atoms with van der Waals surface area (Å²) in [7, 11) is 1.42. The molecule has 0 aliphatic carbocycles. The predicted molar refractivity (Wildman–Crippen MR) is 43.5 cm³/mol. The van der Waals surface area contributed by atoms with Crippen LogP contribution in [0.25, 0.3) is 0 Å². The first-order valence-electron chi connectivity index (χ1n) is 3.07. The zero-order valence-corrected chi connectivity index (χ0v) is 6.16. The van der Waals surface area contributed by atoms with Crippen LogP contribution in [0.3, 0.4) is 0 Å². The monoisotopic (exact) mass is 154 g/mol. The molecule has 0 heterocycles. The summed E-state index contributed by atoms with van der Waals surface area (Å²) in [6.07, 6.45) is 0. The summed E-state index contributed by atoms with van der Waals surface area (Å²) in [5.41, 5.74) is 11.5. The number of hydrogen-bond donors (Lipinski definition) is 3. The summed E-state index contributed by atoms with van der Waals surface area (Å²) in [4.78, 5) is 0. The van der Waals surface area contributed by atoms with E-state index in [4.69, 9.17) is 16.2 Å². The molecule has 0 aliphatic rings. The van der Waals surface area contributed by atoms with Gasteiger partial charge in [0.2, 0.25) is 0 Å². The number of anilines is 2. The second-order valence-corrected chi connectivity index (χ2v) is 2.13. The van der Waals surface area contributed by atoms with Gasteiger partial charge in [0.1, 0.15) is 0 Å². The first-order chi connectivity index (χ1) is 5.16. The van der Waals surface area contributed by atoms with Gasteiger partial charge in [0, 0.05) is 0 Å². The molecule has 11 heavy (non-hydrogen) atoms. The molecule has 5 N–H and O–H groups in total. The number of benzene rings is 1. The topological polar surface area (TPSA) is 81.5 Å². The molecule has 60 valence electrons. The summed E-state index contributed by atoms with van der Waals surface area (Å²) in [5, 5.41) is 9.25. The molecular formula is C7H10N2O2. The van der Waals surface area contributed by atoms with Crippen LogP contribution in [0.1, 0.15) is 0 Å². The van der Waals surface area contributed by atoms with Crippen molar-refractivity contribution in [1.82, 2.24) is 0 Å². The van der Waals surface area contributed by atoms with Crippen molar-refractivity contribution >= 4 is 11.4 Å². The van der Waals surface area contributed by atoms with E-state index in [0.29, 0.717) is 5.69 Å². The molecule has 4 nitrogen and oxygen atoms in total. The SMILES string of the molecule is COc1c(N)ccc(N)c1O. The fourth-order valence-electron chi connectivity index (χ4n) is 0.817. The maximum Gasteiger partial charge on any atom is 0.185 e. The molecule has 1 rings (SSSR count). The van der Waals surface area contributed by atoms with Gasteiger partial charge in [-0.15, -0.1) is 0 Å². The zero-order chi connectivity index (χ0) is 8.43. The Balaban J connectivity index is 3.29. The van der Waals surface area contributed by atoms with Crippen molar-refractivity contribution in [1.29, 1.82) is 0 Å². The third-order valence-electron chi connectivity index (χ3n) is 1.40. The lowest BCUT2D eigenvalue weighted by molar-refractivity contribution is 0.377. The second kappa shape index (κ2) is 2.57. The van der Waals surface area contributed by atoms with Gasteiger partial charge in [0.15, 0.2) is 11.5 Å². The van der Waals surface area contributed by atoms with Crippen LogP contribution < -0.4 is 16.2 Å². The van der Waals surface area contributed by atoms with E-state index in [0.717, 1.165) is 0 Å². The van der Waals surface area contributed by atoms with Crippen molar-refractivity contribution in [2.75, 3.05) is 18.6 Å².